The van der Waals surface area contributed by atoms with Gasteiger partial charge in [-0.1, -0.05) is 0 Å². The van der Waals surface area contributed by atoms with Crippen LogP contribution in [0.15, 0.2) is 0 Å². The quantitative estimate of drug-likeness (QED) is 0.714. The van der Waals surface area contributed by atoms with E-state index in [1.807, 2.05) is 0 Å². The van der Waals surface area contributed by atoms with E-state index in [0.717, 1.165) is 25.0 Å². The summed E-state index contributed by atoms with van der Waals surface area (Å²) in [6.45, 7) is 7.11. The molecule has 158 valence electrons. The molecule has 1 N–H and O–H groups in total. The molecule has 9 heteroatoms. The van der Waals surface area contributed by atoms with Crippen LogP contribution in [0.1, 0.15) is 46.8 Å². The van der Waals surface area contributed by atoms with Crippen molar-refractivity contribution in [1.82, 2.24) is 14.5 Å². The summed E-state index contributed by atoms with van der Waals surface area (Å²) in [5.41, 5.74) is 1.21. The van der Waals surface area contributed by atoms with Gasteiger partial charge in [0.15, 0.2) is 0 Å². The molecule has 0 radical (unpaired) electrons. The van der Waals surface area contributed by atoms with Crippen molar-refractivity contribution in [3.8, 4) is 5.75 Å². The molecule has 1 amide bonds. The highest BCUT2D eigenvalue weighted by atomic mass is 32.2. The fourth-order valence-corrected chi connectivity index (χ4v) is 6.36. The number of nitrogens with one attached hydrogen (secondary N) is 1. The lowest BCUT2D eigenvalue weighted by atomic mass is 9.98. The Bertz CT molecular complexity index is 796. The third kappa shape index (κ3) is 4.53. The molecule has 0 atom stereocenters. The van der Waals surface area contributed by atoms with Crippen molar-refractivity contribution in [3.63, 3.8) is 0 Å². The van der Waals surface area contributed by atoms with Crippen LogP contribution in [-0.4, -0.2) is 75.2 Å². The van der Waals surface area contributed by atoms with Gasteiger partial charge in [0.25, 0.3) is 5.91 Å². The van der Waals surface area contributed by atoms with Crippen LogP contribution in [-0.2, 0) is 22.9 Å². The monoisotopic (exact) mass is 429 g/mol. The summed E-state index contributed by atoms with van der Waals surface area (Å²) in [7, 11) is -1.54. The van der Waals surface area contributed by atoms with Crippen LogP contribution in [0.4, 0.5) is 0 Å². The SMILES string of the molecule is COc1c(C(=O)NCCN2CCN(S(=O)(=O)C(C)C)CC2)sc2c1CCCC2. The number of amides is 1. The van der Waals surface area contributed by atoms with Gasteiger partial charge in [0.2, 0.25) is 10.0 Å². The van der Waals surface area contributed by atoms with Crippen LogP contribution in [0, 0.1) is 0 Å². The Kier molecular flexibility index (Phi) is 7.01. The van der Waals surface area contributed by atoms with Crippen molar-refractivity contribution >= 4 is 27.3 Å². The van der Waals surface area contributed by atoms with Gasteiger partial charge in [-0.3, -0.25) is 9.69 Å². The predicted molar refractivity (Wildman–Crippen MR) is 112 cm³/mol. The second-order valence-electron chi connectivity index (χ2n) is 7.66. The molecule has 3 rings (SSSR count). The van der Waals surface area contributed by atoms with Gasteiger partial charge in [-0.15, -0.1) is 11.3 Å². The lowest BCUT2D eigenvalue weighted by Crippen LogP contribution is -2.51. The Hall–Kier alpha value is -1.16. The minimum absolute atomic E-state index is 0.0720. The summed E-state index contributed by atoms with van der Waals surface area (Å²) in [5, 5.41) is 2.62. The topological polar surface area (TPSA) is 79.0 Å². The van der Waals surface area contributed by atoms with Gasteiger partial charge >= 0.3 is 0 Å². The van der Waals surface area contributed by atoms with Crippen molar-refractivity contribution in [3.05, 3.63) is 15.3 Å². The number of carbonyl (C=O) groups is 1. The highest BCUT2D eigenvalue weighted by Gasteiger charge is 2.29. The zero-order chi connectivity index (χ0) is 20.3. The van der Waals surface area contributed by atoms with Crippen LogP contribution in [0.5, 0.6) is 5.75 Å². The number of sulfonamides is 1. The van der Waals surface area contributed by atoms with E-state index in [0.29, 0.717) is 44.1 Å². The van der Waals surface area contributed by atoms with E-state index in [9.17, 15) is 13.2 Å². The molecule has 1 aromatic heterocycles. The number of rotatable bonds is 7. The third-order valence-electron chi connectivity index (χ3n) is 5.53. The average Bonchev–Trinajstić information content (AvgIpc) is 3.07. The molecular weight excluding hydrogens is 398 g/mol. The Balaban J connectivity index is 1.49. The number of carbonyl (C=O) groups excluding carboxylic acids is 1. The maximum atomic E-state index is 12.7. The Morgan fingerprint density at radius 1 is 1.18 bits per heavy atom. The van der Waals surface area contributed by atoms with Crippen LogP contribution < -0.4 is 10.1 Å². The molecule has 0 aromatic carbocycles. The smallest absolute Gasteiger partial charge is 0.265 e. The van der Waals surface area contributed by atoms with Gasteiger partial charge in [0.1, 0.15) is 10.6 Å². The molecule has 0 unspecified atom stereocenters. The molecule has 1 fully saturated rings. The Morgan fingerprint density at radius 2 is 1.86 bits per heavy atom. The summed E-state index contributed by atoms with van der Waals surface area (Å²) in [4.78, 5) is 16.8. The predicted octanol–water partition coefficient (Wildman–Crippen LogP) is 1.72. The van der Waals surface area contributed by atoms with Gasteiger partial charge < -0.3 is 10.1 Å². The van der Waals surface area contributed by atoms with Crippen molar-refractivity contribution in [2.45, 2.75) is 44.8 Å². The number of aryl methyl sites for hydroxylation is 1. The highest BCUT2D eigenvalue weighted by molar-refractivity contribution is 7.89. The summed E-state index contributed by atoms with van der Waals surface area (Å²) in [6.07, 6.45) is 4.36. The van der Waals surface area contributed by atoms with E-state index < -0.39 is 10.0 Å². The first-order chi connectivity index (χ1) is 13.3. The molecule has 1 saturated heterocycles. The third-order valence-corrected chi connectivity index (χ3v) is 9.08. The molecular formula is C19H31N3O4S2. The molecule has 1 aliphatic carbocycles. The number of methoxy groups -OCH3 is 1. The maximum Gasteiger partial charge on any atom is 0.265 e. The van der Waals surface area contributed by atoms with Crippen LogP contribution in [0.2, 0.25) is 0 Å². The summed E-state index contributed by atoms with van der Waals surface area (Å²) in [6, 6.07) is 0. The van der Waals surface area contributed by atoms with E-state index in [1.165, 1.54) is 16.9 Å². The molecule has 2 aliphatic rings. The number of fused-ring (bicyclic) bond motifs is 1. The highest BCUT2D eigenvalue weighted by Crippen LogP contribution is 2.39. The van der Waals surface area contributed by atoms with Gasteiger partial charge in [0, 0.05) is 49.7 Å². The van der Waals surface area contributed by atoms with E-state index in [2.05, 4.69) is 10.2 Å². The van der Waals surface area contributed by atoms with Crippen LogP contribution in [0.25, 0.3) is 0 Å². The van der Waals surface area contributed by atoms with Gasteiger partial charge in [-0.25, -0.2) is 8.42 Å². The largest absolute Gasteiger partial charge is 0.495 e. The second kappa shape index (κ2) is 9.11. The standard InChI is InChI=1S/C19H31N3O4S2/c1-14(2)28(24,25)22-12-10-21(11-13-22)9-8-20-19(23)18-17(26-3)15-6-4-5-7-16(15)27-18/h14H,4-13H2,1-3H3,(H,20,23). The molecule has 7 nitrogen and oxygen atoms in total. The van der Waals surface area contributed by atoms with Crippen molar-refractivity contribution in [2.75, 3.05) is 46.4 Å². The molecule has 28 heavy (non-hydrogen) atoms. The Morgan fingerprint density at radius 3 is 2.50 bits per heavy atom. The molecule has 1 aliphatic heterocycles. The zero-order valence-electron chi connectivity index (χ0n) is 17.0. The van der Waals surface area contributed by atoms with Crippen molar-refractivity contribution < 1.29 is 17.9 Å². The summed E-state index contributed by atoms with van der Waals surface area (Å²) in [5.74, 6) is 0.682. The first kappa shape index (κ1) is 21.5. The fraction of sp³-hybridized carbons (Fsp3) is 0.737. The maximum absolute atomic E-state index is 12.7. The van der Waals surface area contributed by atoms with Gasteiger partial charge in [-0.05, 0) is 39.5 Å². The number of nitrogens with zero attached hydrogens (tertiary/aromatic N) is 2. The normalized spacial score (nSPS) is 18.9. The number of thiophene rings is 1. The Labute approximate surface area is 172 Å². The van der Waals surface area contributed by atoms with E-state index in [-0.39, 0.29) is 11.2 Å². The minimum atomic E-state index is -3.18. The van der Waals surface area contributed by atoms with E-state index in [4.69, 9.17) is 4.74 Å². The molecule has 0 saturated carbocycles. The zero-order valence-corrected chi connectivity index (χ0v) is 18.6. The van der Waals surface area contributed by atoms with E-state index >= 15 is 0 Å². The molecule has 0 bridgehead atoms. The lowest BCUT2D eigenvalue weighted by Gasteiger charge is -2.34. The van der Waals surface area contributed by atoms with Crippen LogP contribution in [0.3, 0.4) is 0 Å². The van der Waals surface area contributed by atoms with Crippen molar-refractivity contribution in [2.24, 2.45) is 0 Å². The van der Waals surface area contributed by atoms with Gasteiger partial charge in [0.05, 0.1) is 12.4 Å². The average molecular weight is 430 g/mol. The summed E-state index contributed by atoms with van der Waals surface area (Å²) >= 11 is 1.56. The number of hydrogen-bond acceptors (Lipinski definition) is 6. The number of piperazine rings is 1. The first-order valence-electron chi connectivity index (χ1n) is 10.0. The van der Waals surface area contributed by atoms with Gasteiger partial charge in [-0.2, -0.15) is 4.31 Å². The first-order valence-corrected chi connectivity index (χ1v) is 12.3. The fourth-order valence-electron chi connectivity index (χ4n) is 3.82. The molecule has 2 heterocycles. The molecule has 0 spiro atoms. The number of hydrogen-bond donors (Lipinski definition) is 1. The lowest BCUT2D eigenvalue weighted by molar-refractivity contribution is 0.0946. The van der Waals surface area contributed by atoms with E-state index in [1.54, 1.807) is 36.6 Å². The second-order valence-corrected chi connectivity index (χ2v) is 11.3. The summed E-state index contributed by atoms with van der Waals surface area (Å²) < 4.78 is 31.6. The van der Waals surface area contributed by atoms with Crippen LogP contribution >= 0.6 is 11.3 Å². The van der Waals surface area contributed by atoms with Crippen molar-refractivity contribution in [1.29, 1.82) is 0 Å². The number of ether oxygens (including phenoxy) is 1. The minimum Gasteiger partial charge on any atom is -0.495 e. The molecule has 1 aromatic rings.